The van der Waals surface area contributed by atoms with Crippen LogP contribution in [0, 0.1) is 16.0 Å². The van der Waals surface area contributed by atoms with Gasteiger partial charge in [-0.2, -0.15) is 0 Å². The van der Waals surface area contributed by atoms with Gasteiger partial charge >= 0.3 is 0 Å². The molecule has 0 aliphatic heterocycles. The van der Waals surface area contributed by atoms with Crippen molar-refractivity contribution in [2.75, 3.05) is 6.54 Å². The summed E-state index contributed by atoms with van der Waals surface area (Å²) in [5.41, 5.74) is 0.260. The first-order chi connectivity index (χ1) is 9.91. The van der Waals surface area contributed by atoms with Crippen molar-refractivity contribution < 1.29 is 10.0 Å². The quantitative estimate of drug-likeness (QED) is 0.626. The van der Waals surface area contributed by atoms with Gasteiger partial charge in [-0.3, -0.25) is 10.1 Å². The van der Waals surface area contributed by atoms with Gasteiger partial charge in [0.25, 0.3) is 5.69 Å². The summed E-state index contributed by atoms with van der Waals surface area (Å²) in [6, 6.07) is 5.00. The number of nitro benzene ring substituents is 1. The highest BCUT2D eigenvalue weighted by Crippen LogP contribution is 2.32. The zero-order valence-electron chi connectivity index (χ0n) is 12.1. The highest BCUT2D eigenvalue weighted by atomic mass is 79.9. The molecule has 0 unspecified atom stereocenters. The topological polar surface area (TPSA) is 75.4 Å². The lowest BCUT2D eigenvalue weighted by Gasteiger charge is -2.35. The van der Waals surface area contributed by atoms with Gasteiger partial charge in [0.15, 0.2) is 0 Å². The van der Waals surface area contributed by atoms with Gasteiger partial charge in [-0.05, 0) is 53.1 Å². The lowest BCUT2D eigenvalue weighted by atomic mass is 9.79. The third-order valence-electron chi connectivity index (χ3n) is 4.23. The van der Waals surface area contributed by atoms with Crippen molar-refractivity contribution in [1.82, 2.24) is 5.32 Å². The zero-order valence-corrected chi connectivity index (χ0v) is 13.7. The summed E-state index contributed by atoms with van der Waals surface area (Å²) >= 11 is 3.29. The summed E-state index contributed by atoms with van der Waals surface area (Å²) in [4.78, 5) is 10.5. The first-order valence-electron chi connectivity index (χ1n) is 7.26. The van der Waals surface area contributed by atoms with Gasteiger partial charge in [-0.1, -0.05) is 19.1 Å². The number of halogens is 1. The molecule has 0 amide bonds. The summed E-state index contributed by atoms with van der Waals surface area (Å²) in [7, 11) is 0. The van der Waals surface area contributed by atoms with Crippen LogP contribution in [0.5, 0.6) is 0 Å². The Morgan fingerprint density at radius 2 is 2.14 bits per heavy atom. The molecule has 21 heavy (non-hydrogen) atoms. The molecule has 1 aliphatic rings. The summed E-state index contributed by atoms with van der Waals surface area (Å²) < 4.78 is 0.506. The largest absolute Gasteiger partial charge is 0.389 e. The first-order valence-corrected chi connectivity index (χ1v) is 8.05. The minimum atomic E-state index is -0.639. The monoisotopic (exact) mass is 356 g/mol. The SMILES string of the molecule is CC1CCC(O)(CNCc2cccc([N+](=O)[O-])c2Br)CC1. The molecule has 0 bridgehead atoms. The lowest BCUT2D eigenvalue weighted by Crippen LogP contribution is -2.43. The summed E-state index contributed by atoms with van der Waals surface area (Å²) in [6.07, 6.45) is 3.74. The van der Waals surface area contributed by atoms with E-state index in [2.05, 4.69) is 28.2 Å². The lowest BCUT2D eigenvalue weighted by molar-refractivity contribution is -0.385. The molecule has 116 valence electrons. The Morgan fingerprint density at radius 1 is 1.48 bits per heavy atom. The fourth-order valence-electron chi connectivity index (χ4n) is 2.75. The molecule has 1 aromatic carbocycles. The van der Waals surface area contributed by atoms with E-state index >= 15 is 0 Å². The molecule has 1 fully saturated rings. The van der Waals surface area contributed by atoms with Crippen LogP contribution in [0.3, 0.4) is 0 Å². The summed E-state index contributed by atoms with van der Waals surface area (Å²) in [6.45, 7) is 3.24. The molecule has 0 atom stereocenters. The van der Waals surface area contributed by atoms with Crippen LogP contribution in [-0.4, -0.2) is 22.2 Å². The van der Waals surface area contributed by atoms with Crippen LogP contribution in [0.2, 0.25) is 0 Å². The first kappa shape index (κ1) is 16.4. The number of nitrogens with zero attached hydrogens (tertiary/aromatic N) is 1. The Kier molecular flexibility index (Phi) is 5.35. The second-order valence-corrected chi connectivity index (χ2v) is 6.81. The molecule has 0 saturated heterocycles. The third-order valence-corrected chi connectivity index (χ3v) is 5.15. The number of hydrogen-bond donors (Lipinski definition) is 2. The van der Waals surface area contributed by atoms with E-state index in [0.29, 0.717) is 23.5 Å². The highest BCUT2D eigenvalue weighted by molar-refractivity contribution is 9.10. The van der Waals surface area contributed by atoms with Crippen LogP contribution in [0.4, 0.5) is 5.69 Å². The zero-order chi connectivity index (χ0) is 15.5. The Balaban J connectivity index is 1.92. The average molecular weight is 357 g/mol. The van der Waals surface area contributed by atoms with Crippen LogP contribution < -0.4 is 5.32 Å². The van der Waals surface area contributed by atoms with Crippen molar-refractivity contribution >= 4 is 21.6 Å². The number of rotatable bonds is 5. The van der Waals surface area contributed by atoms with Gasteiger partial charge < -0.3 is 10.4 Å². The molecular weight excluding hydrogens is 336 g/mol. The fourth-order valence-corrected chi connectivity index (χ4v) is 3.30. The number of nitrogens with one attached hydrogen (secondary N) is 1. The highest BCUT2D eigenvalue weighted by Gasteiger charge is 2.31. The van der Waals surface area contributed by atoms with Crippen LogP contribution in [0.25, 0.3) is 0 Å². The standard InChI is InChI=1S/C15H21BrN2O3/c1-11-5-7-15(19,8-6-11)10-17-9-12-3-2-4-13(14(12)16)18(20)21/h2-4,11,17,19H,5-10H2,1H3. The maximum atomic E-state index is 10.9. The van der Waals surface area contributed by atoms with Crippen molar-refractivity contribution in [2.24, 2.45) is 5.92 Å². The molecular formula is C15H21BrN2O3. The van der Waals surface area contributed by atoms with Gasteiger partial charge in [0.2, 0.25) is 0 Å². The van der Waals surface area contributed by atoms with Gasteiger partial charge in [-0.15, -0.1) is 0 Å². The Hall–Kier alpha value is -0.980. The molecule has 1 aliphatic carbocycles. The number of aliphatic hydroxyl groups is 1. The minimum Gasteiger partial charge on any atom is -0.389 e. The normalized spacial score (nSPS) is 25.8. The third kappa shape index (κ3) is 4.25. The van der Waals surface area contributed by atoms with Crippen molar-refractivity contribution in [3.8, 4) is 0 Å². The maximum Gasteiger partial charge on any atom is 0.283 e. The van der Waals surface area contributed by atoms with E-state index in [0.717, 1.165) is 31.2 Å². The van der Waals surface area contributed by atoms with Gasteiger partial charge in [0, 0.05) is 19.2 Å². The van der Waals surface area contributed by atoms with E-state index in [4.69, 9.17) is 0 Å². The second-order valence-electron chi connectivity index (χ2n) is 6.02. The van der Waals surface area contributed by atoms with Crippen molar-refractivity contribution in [3.63, 3.8) is 0 Å². The van der Waals surface area contributed by atoms with Crippen molar-refractivity contribution in [3.05, 3.63) is 38.3 Å². The number of hydrogen-bond acceptors (Lipinski definition) is 4. The van der Waals surface area contributed by atoms with E-state index in [1.807, 2.05) is 6.07 Å². The molecule has 6 heteroatoms. The van der Waals surface area contributed by atoms with E-state index in [1.54, 1.807) is 6.07 Å². The molecule has 0 heterocycles. The van der Waals surface area contributed by atoms with Gasteiger partial charge in [-0.25, -0.2) is 0 Å². The van der Waals surface area contributed by atoms with E-state index in [-0.39, 0.29) is 5.69 Å². The number of nitro groups is 1. The maximum absolute atomic E-state index is 10.9. The van der Waals surface area contributed by atoms with Gasteiger partial charge in [0.1, 0.15) is 0 Å². The molecule has 1 saturated carbocycles. The molecule has 1 aromatic rings. The second kappa shape index (κ2) is 6.85. The predicted molar refractivity (Wildman–Crippen MR) is 85.1 cm³/mol. The molecule has 0 aromatic heterocycles. The molecule has 5 nitrogen and oxygen atoms in total. The molecule has 2 rings (SSSR count). The molecule has 0 spiro atoms. The van der Waals surface area contributed by atoms with E-state index in [9.17, 15) is 15.2 Å². The minimum absolute atomic E-state index is 0.0690. The van der Waals surface area contributed by atoms with Crippen LogP contribution in [-0.2, 0) is 6.54 Å². The Labute approximate surface area is 133 Å². The van der Waals surface area contributed by atoms with Gasteiger partial charge in [0.05, 0.1) is 15.0 Å². The van der Waals surface area contributed by atoms with E-state index < -0.39 is 10.5 Å². The smallest absolute Gasteiger partial charge is 0.283 e. The Morgan fingerprint density at radius 3 is 2.76 bits per heavy atom. The van der Waals surface area contributed by atoms with Crippen molar-refractivity contribution in [2.45, 2.75) is 44.8 Å². The van der Waals surface area contributed by atoms with Crippen LogP contribution in [0.1, 0.15) is 38.2 Å². The fraction of sp³-hybridized carbons (Fsp3) is 0.600. The van der Waals surface area contributed by atoms with E-state index in [1.165, 1.54) is 6.07 Å². The van der Waals surface area contributed by atoms with Crippen molar-refractivity contribution in [1.29, 1.82) is 0 Å². The van der Waals surface area contributed by atoms with Crippen LogP contribution >= 0.6 is 15.9 Å². The Bertz CT molecular complexity index is 514. The van der Waals surface area contributed by atoms with Crippen LogP contribution in [0.15, 0.2) is 22.7 Å². The number of benzene rings is 1. The average Bonchev–Trinajstić information content (AvgIpc) is 2.44. The molecule has 0 radical (unpaired) electrons. The summed E-state index contributed by atoms with van der Waals surface area (Å²) in [5.74, 6) is 0.691. The predicted octanol–water partition coefficient (Wildman–Crippen LogP) is 3.39. The molecule has 2 N–H and O–H groups in total. The summed E-state index contributed by atoms with van der Waals surface area (Å²) in [5, 5.41) is 24.6.